The van der Waals surface area contributed by atoms with Crippen molar-refractivity contribution in [1.29, 1.82) is 0 Å². The second kappa shape index (κ2) is 19.2. The van der Waals surface area contributed by atoms with Gasteiger partial charge in [-0.15, -0.1) is 0 Å². The first-order chi connectivity index (χ1) is 31.8. The molecular weight excluding hydrogens is 893 g/mol. The zero-order valence-corrected chi connectivity index (χ0v) is 41.1. The topological polar surface area (TPSA) is 307 Å². The Morgan fingerprint density at radius 1 is 0.544 bits per heavy atom. The molecule has 19 heteroatoms. The maximum atomic E-state index is 12.4. The Hall–Kier alpha value is -0.760. The highest BCUT2D eigenvalue weighted by molar-refractivity contribution is 5.21. The number of aliphatic hydroxyl groups excluding tert-OH is 12. The number of aliphatic hydroxyl groups is 12. The highest BCUT2D eigenvalue weighted by Crippen LogP contribution is 2.76. The lowest BCUT2D eigenvalue weighted by atomic mass is 9.35. The predicted octanol–water partition coefficient (Wildman–Crippen LogP) is -0.568. The van der Waals surface area contributed by atoms with Gasteiger partial charge < -0.3 is 94.4 Å². The minimum atomic E-state index is -1.78. The molecule has 0 radical (unpaired) electrons. The molecule has 0 unspecified atom stereocenters. The van der Waals surface area contributed by atoms with Crippen molar-refractivity contribution in [3.05, 3.63) is 0 Å². The molecule has 0 aromatic carbocycles. The molecule has 0 spiro atoms. The van der Waals surface area contributed by atoms with Gasteiger partial charge in [0.05, 0.1) is 49.8 Å². The summed E-state index contributed by atoms with van der Waals surface area (Å²) in [6, 6.07) is 0. The van der Waals surface area contributed by atoms with Crippen LogP contribution in [0.15, 0.2) is 0 Å². The smallest absolute Gasteiger partial charge is 0.187 e. The Balaban J connectivity index is 0.983. The van der Waals surface area contributed by atoms with Crippen LogP contribution in [0, 0.1) is 51.2 Å². The van der Waals surface area contributed by atoms with Gasteiger partial charge in [-0.2, -0.15) is 0 Å². The Bertz CT molecular complexity index is 1740. The summed E-state index contributed by atoms with van der Waals surface area (Å²) < 4.78 is 43.6. The van der Waals surface area contributed by atoms with Crippen LogP contribution < -0.4 is 0 Å². The van der Waals surface area contributed by atoms with Crippen LogP contribution in [0.25, 0.3) is 0 Å². The van der Waals surface area contributed by atoms with Gasteiger partial charge in [-0.3, -0.25) is 0 Å². The van der Waals surface area contributed by atoms with Crippen molar-refractivity contribution in [1.82, 2.24) is 0 Å². The summed E-state index contributed by atoms with van der Waals surface area (Å²) >= 11 is 0. The van der Waals surface area contributed by atoms with Gasteiger partial charge in [0.15, 0.2) is 18.9 Å². The molecule has 394 valence electrons. The highest BCUT2D eigenvalue weighted by atomic mass is 16.8. The number of ether oxygens (including phenoxy) is 7. The third-order valence-corrected chi connectivity index (χ3v) is 20.2. The average molecular weight is 977 g/mol. The zero-order valence-electron chi connectivity index (χ0n) is 41.1. The van der Waals surface area contributed by atoms with Crippen LogP contribution in [-0.4, -0.2) is 203 Å². The molecule has 4 saturated heterocycles. The van der Waals surface area contributed by atoms with Crippen molar-refractivity contribution in [3.63, 3.8) is 0 Å². The number of fused-ring (bicyclic) bond motifs is 5. The first-order valence-electron chi connectivity index (χ1n) is 25.3. The summed E-state index contributed by atoms with van der Waals surface area (Å²) in [4.78, 5) is 0. The maximum Gasteiger partial charge on any atom is 0.187 e. The first-order valence-corrected chi connectivity index (χ1v) is 25.3. The SMILES string of the molecule is CC(C)[C@]1(CO[C@@H]2O[C@H](CO)[C@@H](O)[C@H](O)[C@H]2O)CC[C@@](C)([C@H]2[C@H](O)C[C@]3(C)[C@@H]2CC[C@@H]2[C@@]4(C)CC[C@H](O[C@@H]5O[C@H](CO)[C@@H](O)[C@H](O)[C@H]5O[C@@H]5O[C@H](CO)[C@@H](O)[C@H](O)[C@H]5O)C(C)(C)[C@H]4CC[C@]23C)O1. The molecule has 0 aromatic heterocycles. The molecule has 12 N–H and O–H groups in total. The molecular formula is C49H84O19. The Morgan fingerprint density at radius 3 is 1.69 bits per heavy atom. The monoisotopic (exact) mass is 977 g/mol. The molecule has 0 bridgehead atoms. The fraction of sp³-hybridized carbons (Fsp3) is 1.00. The minimum absolute atomic E-state index is 0.0246. The molecule has 8 rings (SSSR count). The van der Waals surface area contributed by atoms with E-state index in [1.165, 1.54) is 0 Å². The molecule has 68 heavy (non-hydrogen) atoms. The second-order valence-electron chi connectivity index (χ2n) is 24.1. The van der Waals surface area contributed by atoms with Crippen LogP contribution in [0.5, 0.6) is 0 Å². The summed E-state index contributed by atoms with van der Waals surface area (Å²) in [7, 11) is 0. The summed E-state index contributed by atoms with van der Waals surface area (Å²) in [6.45, 7) is 16.0. The van der Waals surface area contributed by atoms with E-state index in [1.807, 2.05) is 0 Å². The van der Waals surface area contributed by atoms with E-state index in [4.69, 9.17) is 33.2 Å². The fourth-order valence-corrected chi connectivity index (χ4v) is 16.0. The van der Waals surface area contributed by atoms with Gasteiger partial charge in [0, 0.05) is 5.92 Å². The third kappa shape index (κ3) is 8.38. The van der Waals surface area contributed by atoms with E-state index in [9.17, 15) is 61.3 Å². The minimum Gasteiger partial charge on any atom is -0.394 e. The van der Waals surface area contributed by atoms with Crippen molar-refractivity contribution < 1.29 is 94.4 Å². The lowest BCUT2D eigenvalue weighted by Gasteiger charge is -2.70. The maximum absolute atomic E-state index is 12.4. The molecule has 8 fully saturated rings. The van der Waals surface area contributed by atoms with Crippen molar-refractivity contribution in [2.75, 3.05) is 26.4 Å². The number of rotatable bonds is 12. The highest BCUT2D eigenvalue weighted by Gasteiger charge is 2.72. The van der Waals surface area contributed by atoms with E-state index in [0.717, 1.165) is 32.1 Å². The average Bonchev–Trinajstić information content (AvgIpc) is 3.79. The van der Waals surface area contributed by atoms with Gasteiger partial charge in [0.1, 0.15) is 73.2 Å². The Kier molecular flexibility index (Phi) is 15.1. The van der Waals surface area contributed by atoms with Gasteiger partial charge in [-0.1, -0.05) is 48.5 Å². The van der Waals surface area contributed by atoms with E-state index in [-0.39, 0.29) is 46.5 Å². The quantitative estimate of drug-likeness (QED) is 0.109. The first kappa shape index (κ1) is 53.5. The van der Waals surface area contributed by atoms with E-state index in [2.05, 4.69) is 55.4 Å². The lowest BCUT2D eigenvalue weighted by molar-refractivity contribution is -0.378. The van der Waals surface area contributed by atoms with E-state index >= 15 is 0 Å². The van der Waals surface area contributed by atoms with Gasteiger partial charge in [0.2, 0.25) is 0 Å². The summed E-state index contributed by atoms with van der Waals surface area (Å²) in [5, 5.41) is 127. The van der Waals surface area contributed by atoms with Gasteiger partial charge in [-0.05, 0) is 110 Å². The van der Waals surface area contributed by atoms with Crippen molar-refractivity contribution in [3.8, 4) is 0 Å². The molecule has 4 aliphatic heterocycles. The second-order valence-corrected chi connectivity index (χ2v) is 24.1. The Labute approximate surface area is 400 Å². The van der Waals surface area contributed by atoms with Crippen LogP contribution >= 0.6 is 0 Å². The third-order valence-electron chi connectivity index (χ3n) is 20.2. The zero-order chi connectivity index (χ0) is 49.8. The molecule has 0 amide bonds. The van der Waals surface area contributed by atoms with Crippen molar-refractivity contribution in [2.24, 2.45) is 51.2 Å². The van der Waals surface area contributed by atoms with Crippen LogP contribution in [0.1, 0.15) is 113 Å². The normalized spacial score (nSPS) is 56.0. The van der Waals surface area contributed by atoms with Crippen LogP contribution in [-0.2, 0) is 33.2 Å². The standard InChI is InChI=1S/C49H84O19/c1-22(2)49(21-62-41-38(60)35(57)32(54)25(18-50)63-41)16-15-48(8,68-49)31-23-9-10-29-45(5)13-12-30(44(3,4)28(45)11-14-46(29,6)47(23,7)17-24(31)53)66-43-40(37(59)34(56)27(20-52)65-43)67-42-39(61)36(58)33(55)26(19-51)64-42/h22-43,50-61H,9-21H2,1-8H3/t23-,24-,25-,26-,27-,28-,29-,30+,31-,32-,33-,34-,35+,36+,37+,38-,39-,40-,41-,42+,43+,45+,46-,47-,48+,49-/m1/s1. The van der Waals surface area contributed by atoms with E-state index in [1.54, 1.807) is 0 Å². The molecule has 0 aromatic rings. The Morgan fingerprint density at radius 2 is 1.10 bits per heavy atom. The van der Waals surface area contributed by atoms with Gasteiger partial charge in [0.25, 0.3) is 0 Å². The fourth-order valence-electron chi connectivity index (χ4n) is 16.0. The van der Waals surface area contributed by atoms with Crippen LogP contribution in [0.2, 0.25) is 0 Å². The molecule has 4 aliphatic carbocycles. The summed E-state index contributed by atoms with van der Waals surface area (Å²) in [5.74, 6) is 0.468. The predicted molar refractivity (Wildman–Crippen MR) is 238 cm³/mol. The molecule has 19 nitrogen and oxygen atoms in total. The number of hydrogen-bond donors (Lipinski definition) is 12. The largest absolute Gasteiger partial charge is 0.394 e. The van der Waals surface area contributed by atoms with E-state index in [0.29, 0.717) is 31.6 Å². The molecule has 4 saturated carbocycles. The number of hydrogen-bond acceptors (Lipinski definition) is 19. The van der Waals surface area contributed by atoms with Crippen molar-refractivity contribution >= 4 is 0 Å². The summed E-state index contributed by atoms with van der Waals surface area (Å²) in [6.07, 6.45) is -16.3. The molecule has 26 atom stereocenters. The molecule has 8 aliphatic rings. The lowest BCUT2D eigenvalue weighted by Crippen LogP contribution is -2.66. The van der Waals surface area contributed by atoms with Crippen molar-refractivity contribution in [2.45, 2.75) is 229 Å². The van der Waals surface area contributed by atoms with Gasteiger partial charge >= 0.3 is 0 Å². The summed E-state index contributed by atoms with van der Waals surface area (Å²) in [5.41, 5.74) is -2.44. The van der Waals surface area contributed by atoms with Crippen LogP contribution in [0.3, 0.4) is 0 Å². The van der Waals surface area contributed by atoms with Gasteiger partial charge in [-0.25, -0.2) is 0 Å². The van der Waals surface area contributed by atoms with Crippen LogP contribution in [0.4, 0.5) is 0 Å². The molecule has 4 heterocycles. The van der Waals surface area contributed by atoms with E-state index < -0.39 is 141 Å².